The molecule has 7 nitrogen and oxygen atoms in total. The quantitative estimate of drug-likeness (QED) is 0.464. The van der Waals surface area contributed by atoms with Gasteiger partial charge in [0.2, 0.25) is 0 Å². The number of phenols is 1. The molecule has 0 saturated carbocycles. The van der Waals surface area contributed by atoms with Crippen LogP contribution in [-0.2, 0) is 19.1 Å². The number of carbonyl (C=O) groups excluding carboxylic acids is 2. The number of carbonyl (C=O) groups is 2. The van der Waals surface area contributed by atoms with E-state index in [0.29, 0.717) is 48.4 Å². The molecule has 1 atom stereocenters. The molecular formula is C23H30N2O5. The molecule has 0 amide bonds. The molecule has 2 aliphatic rings. The van der Waals surface area contributed by atoms with Gasteiger partial charge in [0.05, 0.1) is 37.0 Å². The molecule has 0 aromatic heterocycles. The number of allylic oxidation sites excluding steroid dienone is 2. The molecule has 1 aromatic rings. The minimum Gasteiger partial charge on any atom is -0.508 e. The van der Waals surface area contributed by atoms with E-state index in [0.717, 1.165) is 5.70 Å². The van der Waals surface area contributed by atoms with Crippen molar-refractivity contribution in [2.45, 2.75) is 39.5 Å². The van der Waals surface area contributed by atoms with Gasteiger partial charge in [-0.2, -0.15) is 0 Å². The highest BCUT2D eigenvalue weighted by Gasteiger charge is 2.44. The predicted octanol–water partition coefficient (Wildman–Crippen LogP) is 2.51. The lowest BCUT2D eigenvalue weighted by atomic mass is 9.68. The molecule has 1 aromatic carbocycles. The number of rotatable bonds is 7. The standard InChI is InChI=1S/C23H30N2O5/c1-4-30-22(28)21-16(13-29-10-9-24)25-15-11-23(2,3)12-18(27)20(15)19(21)14-7-5-6-8-17(14)26/h5-8,19,25-26H,4,9-13,24H2,1-3H3. The summed E-state index contributed by atoms with van der Waals surface area (Å²) in [4.78, 5) is 26.3. The Labute approximate surface area is 176 Å². The summed E-state index contributed by atoms with van der Waals surface area (Å²) in [7, 11) is 0. The maximum absolute atomic E-state index is 13.2. The van der Waals surface area contributed by atoms with Crippen LogP contribution in [0.3, 0.4) is 0 Å². The fourth-order valence-corrected chi connectivity index (χ4v) is 4.21. The molecule has 30 heavy (non-hydrogen) atoms. The molecule has 4 N–H and O–H groups in total. The summed E-state index contributed by atoms with van der Waals surface area (Å²) >= 11 is 0. The fraction of sp³-hybridized carbons (Fsp3) is 0.478. The second-order valence-corrected chi connectivity index (χ2v) is 8.40. The monoisotopic (exact) mass is 414 g/mol. The van der Waals surface area contributed by atoms with Crippen LogP contribution in [0.1, 0.15) is 45.1 Å². The highest BCUT2D eigenvalue weighted by atomic mass is 16.5. The van der Waals surface area contributed by atoms with E-state index in [1.54, 1.807) is 31.2 Å². The Balaban J connectivity index is 2.19. The summed E-state index contributed by atoms with van der Waals surface area (Å²) in [6.07, 6.45) is 1.02. The average molecular weight is 415 g/mol. The van der Waals surface area contributed by atoms with Gasteiger partial charge in [-0.1, -0.05) is 32.0 Å². The number of dihydropyridines is 1. The number of hydrogen-bond acceptors (Lipinski definition) is 7. The fourth-order valence-electron chi connectivity index (χ4n) is 4.21. The van der Waals surface area contributed by atoms with E-state index in [-0.39, 0.29) is 30.2 Å². The Bertz CT molecular complexity index is 901. The third-order valence-corrected chi connectivity index (χ3v) is 5.38. The number of ether oxygens (including phenoxy) is 2. The van der Waals surface area contributed by atoms with Crippen molar-refractivity contribution < 1.29 is 24.2 Å². The van der Waals surface area contributed by atoms with Crippen LogP contribution in [0.2, 0.25) is 0 Å². The van der Waals surface area contributed by atoms with Gasteiger partial charge in [0.25, 0.3) is 0 Å². The summed E-state index contributed by atoms with van der Waals surface area (Å²) in [5, 5.41) is 13.9. The van der Waals surface area contributed by atoms with Crippen LogP contribution in [0, 0.1) is 5.41 Å². The molecule has 1 heterocycles. The van der Waals surface area contributed by atoms with Crippen molar-refractivity contribution in [1.82, 2.24) is 5.32 Å². The maximum atomic E-state index is 13.2. The minimum atomic E-state index is -0.721. The summed E-state index contributed by atoms with van der Waals surface area (Å²) in [6.45, 7) is 6.82. The molecule has 1 unspecified atom stereocenters. The van der Waals surface area contributed by atoms with Crippen LogP contribution in [0.4, 0.5) is 0 Å². The summed E-state index contributed by atoms with van der Waals surface area (Å²) in [5.74, 6) is -1.26. The van der Waals surface area contributed by atoms with Crippen LogP contribution < -0.4 is 11.1 Å². The predicted molar refractivity (Wildman–Crippen MR) is 113 cm³/mol. The summed E-state index contributed by atoms with van der Waals surface area (Å²) < 4.78 is 11.0. The van der Waals surface area contributed by atoms with Gasteiger partial charge in [0.1, 0.15) is 5.75 Å². The van der Waals surface area contributed by atoms with E-state index < -0.39 is 11.9 Å². The zero-order valence-electron chi connectivity index (χ0n) is 17.8. The molecule has 162 valence electrons. The first-order valence-electron chi connectivity index (χ1n) is 10.3. The van der Waals surface area contributed by atoms with Gasteiger partial charge in [-0.05, 0) is 24.8 Å². The number of nitrogens with two attached hydrogens (primary N) is 1. The van der Waals surface area contributed by atoms with Crippen molar-refractivity contribution >= 4 is 11.8 Å². The number of ketones is 1. The van der Waals surface area contributed by atoms with Crippen molar-refractivity contribution in [3.63, 3.8) is 0 Å². The Morgan fingerprint density at radius 3 is 2.70 bits per heavy atom. The zero-order valence-corrected chi connectivity index (χ0v) is 17.8. The molecule has 3 rings (SSSR count). The van der Waals surface area contributed by atoms with Crippen molar-refractivity contribution in [2.75, 3.05) is 26.4 Å². The highest BCUT2D eigenvalue weighted by Crippen LogP contribution is 2.48. The van der Waals surface area contributed by atoms with E-state index in [9.17, 15) is 14.7 Å². The first-order valence-corrected chi connectivity index (χ1v) is 10.3. The van der Waals surface area contributed by atoms with Gasteiger partial charge in [0, 0.05) is 29.8 Å². The highest BCUT2D eigenvalue weighted by molar-refractivity contribution is 6.04. The molecule has 1 aliphatic carbocycles. The number of esters is 1. The Morgan fingerprint density at radius 2 is 2.03 bits per heavy atom. The second kappa shape index (κ2) is 9.02. The van der Waals surface area contributed by atoms with Crippen molar-refractivity contribution in [1.29, 1.82) is 0 Å². The molecule has 7 heteroatoms. The molecule has 0 fully saturated rings. The van der Waals surface area contributed by atoms with E-state index in [1.165, 1.54) is 0 Å². The average Bonchev–Trinajstić information content (AvgIpc) is 2.66. The molecular weight excluding hydrogens is 384 g/mol. The lowest BCUT2D eigenvalue weighted by Crippen LogP contribution is -2.40. The van der Waals surface area contributed by atoms with Crippen molar-refractivity contribution in [3.8, 4) is 5.75 Å². The van der Waals surface area contributed by atoms with Gasteiger partial charge in [-0.25, -0.2) is 4.79 Å². The van der Waals surface area contributed by atoms with Crippen LogP contribution in [0.25, 0.3) is 0 Å². The summed E-state index contributed by atoms with van der Waals surface area (Å²) in [6, 6.07) is 6.78. The molecule has 0 spiro atoms. The van der Waals surface area contributed by atoms with E-state index in [2.05, 4.69) is 5.32 Å². The Kier molecular flexibility index (Phi) is 6.63. The van der Waals surface area contributed by atoms with Gasteiger partial charge in [-0.15, -0.1) is 0 Å². The molecule has 1 aliphatic heterocycles. The Hall–Kier alpha value is -2.64. The lowest BCUT2D eigenvalue weighted by Gasteiger charge is -2.40. The van der Waals surface area contributed by atoms with Gasteiger partial charge in [0.15, 0.2) is 5.78 Å². The van der Waals surface area contributed by atoms with Crippen LogP contribution in [-0.4, -0.2) is 43.2 Å². The largest absolute Gasteiger partial charge is 0.508 e. The first-order chi connectivity index (χ1) is 14.3. The number of para-hydroxylation sites is 1. The molecule has 0 bridgehead atoms. The van der Waals surface area contributed by atoms with Crippen molar-refractivity contribution in [3.05, 3.63) is 52.4 Å². The van der Waals surface area contributed by atoms with Gasteiger partial charge < -0.3 is 25.6 Å². The van der Waals surface area contributed by atoms with Gasteiger partial charge >= 0.3 is 5.97 Å². The smallest absolute Gasteiger partial charge is 0.336 e. The third kappa shape index (κ3) is 4.42. The second-order valence-electron chi connectivity index (χ2n) is 8.40. The van der Waals surface area contributed by atoms with Crippen LogP contribution in [0.15, 0.2) is 46.8 Å². The number of aromatic hydroxyl groups is 1. The molecule has 0 radical (unpaired) electrons. The zero-order chi connectivity index (χ0) is 21.9. The van der Waals surface area contributed by atoms with Crippen LogP contribution >= 0.6 is 0 Å². The van der Waals surface area contributed by atoms with Gasteiger partial charge in [-0.3, -0.25) is 4.79 Å². The summed E-state index contributed by atoms with van der Waals surface area (Å²) in [5.41, 5.74) is 7.95. The number of nitrogens with one attached hydrogen (secondary N) is 1. The number of Topliss-reactive ketones (excluding diaryl/α,β-unsaturated/α-hetero) is 1. The Morgan fingerprint density at radius 1 is 1.30 bits per heavy atom. The number of hydrogen-bond donors (Lipinski definition) is 3. The van der Waals surface area contributed by atoms with Crippen LogP contribution in [0.5, 0.6) is 5.75 Å². The van der Waals surface area contributed by atoms with E-state index in [4.69, 9.17) is 15.2 Å². The third-order valence-electron chi connectivity index (χ3n) is 5.38. The molecule has 0 saturated heterocycles. The normalized spacial score (nSPS) is 20.7. The number of phenolic OH excluding ortho intramolecular Hbond substituents is 1. The van der Waals surface area contributed by atoms with Crippen molar-refractivity contribution in [2.24, 2.45) is 11.1 Å². The van der Waals surface area contributed by atoms with E-state index >= 15 is 0 Å². The van der Waals surface area contributed by atoms with E-state index in [1.807, 2.05) is 13.8 Å². The number of benzene rings is 1. The lowest BCUT2D eigenvalue weighted by molar-refractivity contribution is -0.139. The first kappa shape index (κ1) is 22.1. The maximum Gasteiger partial charge on any atom is 0.336 e. The SMILES string of the molecule is CCOC(=O)C1=C(COCCN)NC2=C(C(=O)CC(C)(C)C2)C1c1ccccc1O. The minimum absolute atomic E-state index is 0.0258. The topological polar surface area (TPSA) is 111 Å².